The summed E-state index contributed by atoms with van der Waals surface area (Å²) in [5, 5.41) is 15.0. The van der Waals surface area contributed by atoms with E-state index in [1.165, 1.54) is 9.80 Å². The van der Waals surface area contributed by atoms with Crippen LogP contribution in [0.4, 0.5) is 0 Å². The predicted molar refractivity (Wildman–Crippen MR) is 140 cm³/mol. The van der Waals surface area contributed by atoms with Crippen LogP contribution in [0.15, 0.2) is 30.3 Å². The van der Waals surface area contributed by atoms with Gasteiger partial charge in [-0.2, -0.15) is 0 Å². The van der Waals surface area contributed by atoms with Crippen molar-refractivity contribution in [1.29, 1.82) is 0 Å². The number of nitrogens with one attached hydrogen (secondary N) is 2. The van der Waals surface area contributed by atoms with Gasteiger partial charge in [0.2, 0.25) is 23.6 Å². The molecule has 0 aliphatic carbocycles. The zero-order valence-corrected chi connectivity index (χ0v) is 22.3. The minimum atomic E-state index is -1.07. The van der Waals surface area contributed by atoms with E-state index in [1.807, 2.05) is 44.2 Å². The SMILES string of the molecule is CC(C)[C@H](N)C(=O)N[C@@H](C)C(=O)N1CCC[C@H]1C(=O)N[C@@H](Cc1ccccc1)C(=O)N1CCC[C@H]1C(=O)O. The molecular formula is C27H39N5O6. The Morgan fingerprint density at radius 2 is 1.50 bits per heavy atom. The van der Waals surface area contributed by atoms with Crippen molar-refractivity contribution in [2.24, 2.45) is 11.7 Å². The summed E-state index contributed by atoms with van der Waals surface area (Å²) in [6.45, 7) is 5.83. The van der Waals surface area contributed by atoms with Crippen LogP contribution >= 0.6 is 0 Å². The lowest BCUT2D eigenvalue weighted by molar-refractivity contribution is -0.149. The number of hydrogen-bond donors (Lipinski definition) is 4. The second kappa shape index (κ2) is 12.9. The summed E-state index contributed by atoms with van der Waals surface area (Å²) < 4.78 is 0. The first kappa shape index (κ1) is 29.1. The third-order valence-electron chi connectivity index (χ3n) is 7.31. The second-order valence-electron chi connectivity index (χ2n) is 10.5. The van der Waals surface area contributed by atoms with Gasteiger partial charge in [-0.3, -0.25) is 19.2 Å². The summed E-state index contributed by atoms with van der Waals surface area (Å²) >= 11 is 0. The van der Waals surface area contributed by atoms with Crippen molar-refractivity contribution in [2.45, 2.75) is 83.1 Å². The highest BCUT2D eigenvalue weighted by Gasteiger charge is 2.41. The molecule has 0 radical (unpaired) electrons. The maximum atomic E-state index is 13.5. The smallest absolute Gasteiger partial charge is 0.326 e. The first-order chi connectivity index (χ1) is 18.0. The molecule has 0 saturated carbocycles. The van der Waals surface area contributed by atoms with Crippen molar-refractivity contribution in [3.05, 3.63) is 35.9 Å². The molecule has 4 amide bonds. The molecule has 0 aromatic heterocycles. The Morgan fingerprint density at radius 3 is 2.08 bits per heavy atom. The molecule has 2 heterocycles. The Balaban J connectivity index is 1.74. The van der Waals surface area contributed by atoms with Gasteiger partial charge in [-0.25, -0.2) is 4.79 Å². The van der Waals surface area contributed by atoms with Crippen molar-refractivity contribution in [1.82, 2.24) is 20.4 Å². The summed E-state index contributed by atoms with van der Waals surface area (Å²) in [6, 6.07) is 4.82. The van der Waals surface area contributed by atoms with Gasteiger partial charge in [0.05, 0.1) is 6.04 Å². The zero-order valence-electron chi connectivity index (χ0n) is 22.3. The lowest BCUT2D eigenvalue weighted by Crippen LogP contribution is -2.58. The zero-order chi connectivity index (χ0) is 28.0. The minimum Gasteiger partial charge on any atom is -0.480 e. The van der Waals surface area contributed by atoms with Gasteiger partial charge in [-0.05, 0) is 44.1 Å². The number of nitrogens with zero attached hydrogens (tertiary/aromatic N) is 2. The number of rotatable bonds is 10. The molecule has 2 fully saturated rings. The van der Waals surface area contributed by atoms with Gasteiger partial charge < -0.3 is 31.3 Å². The number of likely N-dealkylation sites (tertiary alicyclic amines) is 2. The molecule has 208 valence electrons. The second-order valence-corrected chi connectivity index (χ2v) is 10.5. The molecule has 1 aromatic rings. The Morgan fingerprint density at radius 1 is 0.921 bits per heavy atom. The summed E-state index contributed by atoms with van der Waals surface area (Å²) in [6.07, 6.45) is 2.14. The Hall–Kier alpha value is -3.47. The summed E-state index contributed by atoms with van der Waals surface area (Å²) in [7, 11) is 0. The van der Waals surface area contributed by atoms with Crippen LogP contribution in [-0.4, -0.2) is 87.8 Å². The number of benzene rings is 1. The highest BCUT2D eigenvalue weighted by atomic mass is 16.4. The molecule has 1 aromatic carbocycles. The average molecular weight is 530 g/mol. The number of carbonyl (C=O) groups is 5. The maximum Gasteiger partial charge on any atom is 0.326 e. The first-order valence-electron chi connectivity index (χ1n) is 13.2. The van der Waals surface area contributed by atoms with E-state index in [0.717, 1.165) is 5.56 Å². The minimum absolute atomic E-state index is 0.0990. The fourth-order valence-corrected chi connectivity index (χ4v) is 5.03. The molecule has 3 rings (SSSR count). The fraction of sp³-hybridized carbons (Fsp3) is 0.593. The lowest BCUT2D eigenvalue weighted by atomic mass is 10.0. The van der Waals surface area contributed by atoms with Crippen LogP contribution in [0.25, 0.3) is 0 Å². The third-order valence-corrected chi connectivity index (χ3v) is 7.31. The number of aliphatic carboxylic acids is 1. The van der Waals surface area contributed by atoms with Gasteiger partial charge in [0.1, 0.15) is 24.2 Å². The molecular weight excluding hydrogens is 490 g/mol. The monoisotopic (exact) mass is 529 g/mol. The highest BCUT2D eigenvalue weighted by Crippen LogP contribution is 2.22. The number of carbonyl (C=O) groups excluding carboxylic acids is 4. The van der Waals surface area contributed by atoms with Crippen LogP contribution in [-0.2, 0) is 30.4 Å². The molecule has 2 aliphatic rings. The third kappa shape index (κ3) is 6.89. The standard InChI is InChI=1S/C27H39N5O6/c1-16(2)22(28)24(34)29-17(3)25(35)31-13-7-11-20(31)23(33)30-19(15-18-9-5-4-6-10-18)26(36)32-14-8-12-21(32)27(37)38/h4-6,9-10,16-17,19-22H,7-8,11-15,28H2,1-3H3,(H,29,34)(H,30,33)(H,37,38)/t17-,19-,20-,21-,22-/m0/s1. The van der Waals surface area contributed by atoms with E-state index < -0.39 is 59.8 Å². The number of hydrogen-bond acceptors (Lipinski definition) is 6. The van der Waals surface area contributed by atoms with E-state index in [-0.39, 0.29) is 12.3 Å². The van der Waals surface area contributed by atoms with Crippen LogP contribution < -0.4 is 16.4 Å². The Bertz CT molecular complexity index is 1030. The van der Waals surface area contributed by atoms with Crippen LogP contribution in [0.3, 0.4) is 0 Å². The summed E-state index contributed by atoms with van der Waals surface area (Å²) in [4.78, 5) is 66.9. The molecule has 38 heavy (non-hydrogen) atoms. The molecule has 0 spiro atoms. The summed E-state index contributed by atoms with van der Waals surface area (Å²) in [5.74, 6) is -2.93. The van der Waals surface area contributed by atoms with Crippen molar-refractivity contribution < 1.29 is 29.1 Å². The van der Waals surface area contributed by atoms with Crippen LogP contribution in [0.1, 0.15) is 52.0 Å². The van der Waals surface area contributed by atoms with Crippen molar-refractivity contribution >= 4 is 29.6 Å². The quantitative estimate of drug-likeness (QED) is 0.338. The van der Waals surface area contributed by atoms with Crippen molar-refractivity contribution in [3.63, 3.8) is 0 Å². The molecule has 0 bridgehead atoms. The predicted octanol–water partition coefficient (Wildman–Crippen LogP) is 0.269. The fourth-order valence-electron chi connectivity index (χ4n) is 5.03. The molecule has 11 nitrogen and oxygen atoms in total. The Kier molecular flexibility index (Phi) is 9.84. The van der Waals surface area contributed by atoms with E-state index in [0.29, 0.717) is 38.8 Å². The largest absolute Gasteiger partial charge is 0.480 e. The average Bonchev–Trinajstić information content (AvgIpc) is 3.57. The van der Waals surface area contributed by atoms with Crippen LogP contribution in [0, 0.1) is 5.92 Å². The van der Waals surface area contributed by atoms with E-state index in [2.05, 4.69) is 10.6 Å². The van der Waals surface area contributed by atoms with Gasteiger partial charge in [-0.1, -0.05) is 44.2 Å². The molecule has 2 saturated heterocycles. The van der Waals surface area contributed by atoms with Crippen LogP contribution in [0.2, 0.25) is 0 Å². The van der Waals surface area contributed by atoms with Gasteiger partial charge >= 0.3 is 5.97 Å². The topological polar surface area (TPSA) is 162 Å². The molecule has 5 N–H and O–H groups in total. The van der Waals surface area contributed by atoms with Gasteiger partial charge in [0.15, 0.2) is 0 Å². The van der Waals surface area contributed by atoms with E-state index in [1.54, 1.807) is 6.92 Å². The number of amides is 4. The molecule has 0 unspecified atom stereocenters. The van der Waals surface area contributed by atoms with Gasteiger partial charge in [-0.15, -0.1) is 0 Å². The lowest BCUT2D eigenvalue weighted by Gasteiger charge is -2.31. The van der Waals surface area contributed by atoms with Gasteiger partial charge in [0, 0.05) is 19.5 Å². The number of carboxylic acid groups (broad SMARTS) is 1. The van der Waals surface area contributed by atoms with E-state index in [9.17, 15) is 29.1 Å². The molecule has 5 atom stereocenters. The maximum absolute atomic E-state index is 13.5. The van der Waals surface area contributed by atoms with E-state index >= 15 is 0 Å². The number of carboxylic acids is 1. The van der Waals surface area contributed by atoms with Gasteiger partial charge in [0.25, 0.3) is 0 Å². The van der Waals surface area contributed by atoms with Crippen molar-refractivity contribution in [2.75, 3.05) is 13.1 Å². The molecule has 11 heteroatoms. The normalized spacial score (nSPS) is 21.6. The summed E-state index contributed by atoms with van der Waals surface area (Å²) in [5.41, 5.74) is 6.70. The number of nitrogens with two attached hydrogens (primary N) is 1. The Labute approximate surface area is 223 Å². The van der Waals surface area contributed by atoms with E-state index in [4.69, 9.17) is 5.73 Å². The first-order valence-corrected chi connectivity index (χ1v) is 13.2. The highest BCUT2D eigenvalue weighted by molar-refractivity contribution is 5.96. The van der Waals surface area contributed by atoms with Crippen LogP contribution in [0.5, 0.6) is 0 Å². The molecule has 2 aliphatic heterocycles. The van der Waals surface area contributed by atoms with Crippen molar-refractivity contribution in [3.8, 4) is 0 Å².